The number of esters is 1. The van der Waals surface area contributed by atoms with Gasteiger partial charge in [-0.25, -0.2) is 9.78 Å². The average molecular weight is 307 g/mol. The van der Waals surface area contributed by atoms with Crippen molar-refractivity contribution in [2.75, 3.05) is 13.2 Å². The van der Waals surface area contributed by atoms with Crippen LogP contribution < -0.4 is 5.32 Å². The highest BCUT2D eigenvalue weighted by Crippen LogP contribution is 2.24. The molecule has 7 heteroatoms. The quantitative estimate of drug-likeness (QED) is 0.689. The molecule has 1 aliphatic rings. The number of carbonyl (C=O) groups excluding carboxylic acids is 1. The molecule has 0 spiro atoms. The van der Waals surface area contributed by atoms with E-state index in [2.05, 4.69) is 10.3 Å². The maximum Gasteiger partial charge on any atom is 0.344 e. The van der Waals surface area contributed by atoms with Crippen molar-refractivity contribution in [3.63, 3.8) is 0 Å². The number of halogens is 3. The molecule has 1 unspecified atom stereocenters. The van der Waals surface area contributed by atoms with Gasteiger partial charge in [-0.05, 0) is 32.4 Å². The highest BCUT2D eigenvalue weighted by molar-refractivity contribution is 6.36. The zero-order valence-electron chi connectivity index (χ0n) is 10.3. The zero-order valence-corrected chi connectivity index (χ0v) is 11.8. The Morgan fingerprint density at radius 2 is 2.37 bits per heavy atom. The number of nitrogens with one attached hydrogen (secondary N) is 1. The number of hydrogen-bond donors (Lipinski definition) is 1. The van der Waals surface area contributed by atoms with E-state index >= 15 is 0 Å². The number of pyridine rings is 1. The SMILES string of the molecule is CC1(COC(=O)c2c(Cl)cc(Cl)nc2F)CCCN1. The summed E-state index contributed by atoms with van der Waals surface area (Å²) in [7, 11) is 0. The lowest BCUT2D eigenvalue weighted by Crippen LogP contribution is -2.41. The molecule has 0 saturated carbocycles. The molecular weight excluding hydrogens is 294 g/mol. The van der Waals surface area contributed by atoms with Gasteiger partial charge in [0.2, 0.25) is 5.95 Å². The number of ether oxygens (including phenoxy) is 1. The maximum absolute atomic E-state index is 13.6. The van der Waals surface area contributed by atoms with Gasteiger partial charge in [-0.2, -0.15) is 4.39 Å². The fourth-order valence-corrected chi connectivity index (χ4v) is 2.51. The molecule has 1 fully saturated rings. The molecular formula is C12H13Cl2FN2O2. The van der Waals surface area contributed by atoms with Crippen LogP contribution in [0.15, 0.2) is 6.07 Å². The molecule has 1 aliphatic heterocycles. The number of carbonyl (C=O) groups is 1. The van der Waals surface area contributed by atoms with Gasteiger partial charge in [-0.3, -0.25) is 0 Å². The summed E-state index contributed by atoms with van der Waals surface area (Å²) < 4.78 is 18.7. The number of rotatable bonds is 3. The Labute approximate surface area is 120 Å². The van der Waals surface area contributed by atoms with Crippen LogP contribution >= 0.6 is 23.2 Å². The van der Waals surface area contributed by atoms with Crippen LogP contribution in [0.25, 0.3) is 0 Å². The van der Waals surface area contributed by atoms with E-state index in [1.165, 1.54) is 6.07 Å². The van der Waals surface area contributed by atoms with Gasteiger partial charge < -0.3 is 10.1 Å². The Hall–Kier alpha value is -0.910. The molecule has 4 nitrogen and oxygen atoms in total. The van der Waals surface area contributed by atoms with Crippen LogP contribution in [-0.2, 0) is 4.74 Å². The van der Waals surface area contributed by atoms with Crippen molar-refractivity contribution in [1.29, 1.82) is 0 Å². The second-order valence-electron chi connectivity index (χ2n) is 4.76. The van der Waals surface area contributed by atoms with Gasteiger partial charge in [0.05, 0.1) is 5.02 Å². The molecule has 19 heavy (non-hydrogen) atoms. The summed E-state index contributed by atoms with van der Waals surface area (Å²) in [4.78, 5) is 15.2. The predicted molar refractivity (Wildman–Crippen MR) is 70.1 cm³/mol. The standard InChI is InChI=1S/C12H13Cl2FN2O2/c1-12(3-2-4-16-12)6-19-11(18)9-7(13)5-8(14)17-10(9)15/h5,16H,2-4,6H2,1H3. The van der Waals surface area contributed by atoms with Gasteiger partial charge in [-0.15, -0.1) is 0 Å². The van der Waals surface area contributed by atoms with Gasteiger partial charge in [0.25, 0.3) is 0 Å². The van der Waals surface area contributed by atoms with Crippen molar-refractivity contribution in [3.8, 4) is 0 Å². The van der Waals surface area contributed by atoms with Crippen LogP contribution in [0.3, 0.4) is 0 Å². The third kappa shape index (κ3) is 3.35. The van der Waals surface area contributed by atoms with E-state index in [0.717, 1.165) is 19.4 Å². The lowest BCUT2D eigenvalue weighted by molar-refractivity contribution is 0.0396. The monoisotopic (exact) mass is 306 g/mol. The van der Waals surface area contributed by atoms with E-state index in [1.54, 1.807) is 0 Å². The van der Waals surface area contributed by atoms with Crippen LogP contribution in [0, 0.1) is 5.95 Å². The second-order valence-corrected chi connectivity index (χ2v) is 5.55. The minimum absolute atomic E-state index is 0.105. The lowest BCUT2D eigenvalue weighted by atomic mass is 10.0. The minimum atomic E-state index is -1.02. The largest absolute Gasteiger partial charge is 0.460 e. The molecule has 1 saturated heterocycles. The van der Waals surface area contributed by atoms with Crippen LogP contribution in [0.5, 0.6) is 0 Å². The number of hydrogen-bond acceptors (Lipinski definition) is 4. The number of nitrogens with zero attached hydrogens (tertiary/aromatic N) is 1. The molecule has 1 aromatic heterocycles. The molecule has 0 bridgehead atoms. The first kappa shape index (κ1) is 14.5. The Morgan fingerprint density at radius 3 is 2.95 bits per heavy atom. The topological polar surface area (TPSA) is 51.2 Å². The maximum atomic E-state index is 13.6. The Balaban J connectivity index is 2.08. The normalized spacial score (nSPS) is 22.5. The predicted octanol–water partition coefficient (Wildman–Crippen LogP) is 2.83. The van der Waals surface area contributed by atoms with E-state index in [9.17, 15) is 9.18 Å². The molecule has 0 aromatic carbocycles. The van der Waals surface area contributed by atoms with Crippen molar-refractivity contribution in [1.82, 2.24) is 10.3 Å². The van der Waals surface area contributed by atoms with E-state index in [4.69, 9.17) is 27.9 Å². The van der Waals surface area contributed by atoms with Crippen LogP contribution in [0.4, 0.5) is 4.39 Å². The average Bonchev–Trinajstić information content (AvgIpc) is 2.73. The fourth-order valence-electron chi connectivity index (χ4n) is 2.02. The summed E-state index contributed by atoms with van der Waals surface area (Å²) in [5, 5.41) is 3.02. The summed E-state index contributed by atoms with van der Waals surface area (Å²) in [6, 6.07) is 1.21. The summed E-state index contributed by atoms with van der Waals surface area (Å²) in [6.45, 7) is 2.99. The van der Waals surface area contributed by atoms with E-state index in [-0.39, 0.29) is 27.9 Å². The Bertz CT molecular complexity index is 481. The van der Waals surface area contributed by atoms with Gasteiger partial charge >= 0.3 is 5.97 Å². The summed E-state index contributed by atoms with van der Waals surface area (Å²) >= 11 is 11.3. The summed E-state index contributed by atoms with van der Waals surface area (Å²) in [6.07, 6.45) is 1.92. The van der Waals surface area contributed by atoms with Crippen molar-refractivity contribution in [2.45, 2.75) is 25.3 Å². The highest BCUT2D eigenvalue weighted by atomic mass is 35.5. The molecule has 1 aromatic rings. The van der Waals surface area contributed by atoms with Crippen molar-refractivity contribution < 1.29 is 13.9 Å². The first-order valence-electron chi connectivity index (χ1n) is 5.85. The van der Waals surface area contributed by atoms with E-state index in [1.807, 2.05) is 6.92 Å². The van der Waals surface area contributed by atoms with Gasteiger partial charge in [0.15, 0.2) is 0 Å². The first-order chi connectivity index (χ1) is 8.91. The molecule has 2 heterocycles. The molecule has 0 amide bonds. The second kappa shape index (κ2) is 5.61. The van der Waals surface area contributed by atoms with E-state index < -0.39 is 11.9 Å². The summed E-state index contributed by atoms with van der Waals surface area (Å²) in [5.41, 5.74) is -0.647. The smallest absolute Gasteiger partial charge is 0.344 e. The van der Waals surface area contributed by atoms with Crippen LogP contribution in [0.2, 0.25) is 10.2 Å². The number of aromatic nitrogens is 1. The molecule has 2 rings (SSSR count). The lowest BCUT2D eigenvalue weighted by Gasteiger charge is -2.23. The summed E-state index contributed by atoms with van der Waals surface area (Å²) in [5.74, 6) is -1.85. The van der Waals surface area contributed by atoms with Crippen molar-refractivity contribution in [3.05, 3.63) is 27.8 Å². The van der Waals surface area contributed by atoms with Gasteiger partial charge in [0, 0.05) is 5.54 Å². The highest BCUT2D eigenvalue weighted by Gasteiger charge is 2.30. The van der Waals surface area contributed by atoms with Gasteiger partial charge in [-0.1, -0.05) is 23.2 Å². The van der Waals surface area contributed by atoms with Gasteiger partial charge in [0.1, 0.15) is 17.3 Å². The van der Waals surface area contributed by atoms with E-state index in [0.29, 0.717) is 0 Å². The van der Waals surface area contributed by atoms with Crippen LogP contribution in [-0.4, -0.2) is 29.6 Å². The third-order valence-corrected chi connectivity index (χ3v) is 3.57. The van der Waals surface area contributed by atoms with Crippen LogP contribution in [0.1, 0.15) is 30.1 Å². The fraction of sp³-hybridized carbons (Fsp3) is 0.500. The third-order valence-electron chi connectivity index (χ3n) is 3.08. The first-order valence-corrected chi connectivity index (χ1v) is 6.61. The molecule has 1 N–H and O–H groups in total. The molecule has 0 aliphatic carbocycles. The minimum Gasteiger partial charge on any atom is -0.460 e. The van der Waals surface area contributed by atoms with Crippen molar-refractivity contribution in [2.24, 2.45) is 0 Å². The molecule has 1 atom stereocenters. The zero-order chi connectivity index (χ0) is 14.0. The Kier molecular flexibility index (Phi) is 4.28. The van der Waals surface area contributed by atoms with Crippen molar-refractivity contribution >= 4 is 29.2 Å². The Morgan fingerprint density at radius 1 is 1.63 bits per heavy atom. The molecule has 0 radical (unpaired) electrons. The molecule has 104 valence electrons.